The molecule has 0 atom stereocenters. The second kappa shape index (κ2) is 8.08. The number of rotatable bonds is 5. The fourth-order valence-electron chi connectivity index (χ4n) is 1.98. The minimum Gasteiger partial charge on any atom is -0.424 e. The molecule has 1 heterocycles. The second-order valence-electron chi connectivity index (χ2n) is 5.03. The van der Waals surface area contributed by atoms with Crippen molar-refractivity contribution in [1.29, 1.82) is 0 Å². The third kappa shape index (κ3) is 5.16. The highest BCUT2D eigenvalue weighted by atomic mass is 35.5. The molecule has 1 aromatic heterocycles. The minimum atomic E-state index is -0.227. The van der Waals surface area contributed by atoms with Crippen molar-refractivity contribution in [3.8, 4) is 11.8 Å². The summed E-state index contributed by atoms with van der Waals surface area (Å²) >= 11 is 5.82. The Balaban J connectivity index is 1.57. The van der Waals surface area contributed by atoms with Crippen molar-refractivity contribution >= 4 is 29.3 Å². The van der Waals surface area contributed by atoms with Crippen molar-refractivity contribution in [2.24, 2.45) is 0 Å². The van der Waals surface area contributed by atoms with Crippen molar-refractivity contribution in [3.63, 3.8) is 0 Å². The number of carbonyl (C=O) groups is 1. The Morgan fingerprint density at radius 2 is 1.68 bits per heavy atom. The predicted octanol–water partition coefficient (Wildman–Crippen LogP) is 4.57. The van der Waals surface area contributed by atoms with E-state index < -0.39 is 0 Å². The Labute approximate surface area is 150 Å². The Morgan fingerprint density at radius 3 is 2.36 bits per heavy atom. The van der Waals surface area contributed by atoms with E-state index in [1.807, 2.05) is 12.1 Å². The molecule has 25 heavy (non-hydrogen) atoms. The fraction of sp³-hybridized carbons (Fsp3) is 0. The van der Waals surface area contributed by atoms with Gasteiger partial charge in [-0.3, -0.25) is 4.79 Å². The molecule has 0 aliphatic carbocycles. The topological polar surface area (TPSA) is 64.1 Å². The van der Waals surface area contributed by atoms with Gasteiger partial charge in [-0.15, -0.1) is 0 Å². The monoisotopic (exact) mass is 351 g/mol. The van der Waals surface area contributed by atoms with Gasteiger partial charge in [0.15, 0.2) is 0 Å². The molecule has 124 valence electrons. The third-order valence-corrected chi connectivity index (χ3v) is 3.42. The maximum Gasteiger partial charge on any atom is 0.321 e. The molecule has 0 spiro atoms. The van der Waals surface area contributed by atoms with E-state index in [9.17, 15) is 4.79 Å². The largest absolute Gasteiger partial charge is 0.424 e. The Hall–Kier alpha value is -3.18. The molecule has 2 aromatic carbocycles. The highest BCUT2D eigenvalue weighted by Gasteiger charge is 2.01. The lowest BCUT2D eigenvalue weighted by Crippen LogP contribution is -2.07. The van der Waals surface area contributed by atoms with Crippen LogP contribution < -0.4 is 10.1 Å². The van der Waals surface area contributed by atoms with Crippen LogP contribution >= 0.6 is 11.6 Å². The fourth-order valence-corrected chi connectivity index (χ4v) is 2.11. The first-order chi connectivity index (χ1) is 12.2. The lowest BCUT2D eigenvalue weighted by atomic mass is 10.2. The number of anilines is 1. The Kier molecular flexibility index (Phi) is 5.39. The molecule has 6 heteroatoms. The standard InChI is InChI=1S/C19H14ClN3O2/c20-15-5-2-14(3-6-15)4-11-18(24)23-16-7-9-17(10-8-16)25-19-21-12-1-13-22-19/h1-13H,(H,23,24). The van der Waals surface area contributed by atoms with Gasteiger partial charge in [0.25, 0.3) is 0 Å². The molecular weight excluding hydrogens is 338 g/mol. The summed E-state index contributed by atoms with van der Waals surface area (Å²) in [6.45, 7) is 0. The van der Waals surface area contributed by atoms with Crippen LogP contribution in [0.3, 0.4) is 0 Å². The zero-order chi connectivity index (χ0) is 17.5. The van der Waals surface area contributed by atoms with Crippen LogP contribution in [0.4, 0.5) is 5.69 Å². The molecule has 0 saturated carbocycles. The van der Waals surface area contributed by atoms with Gasteiger partial charge >= 0.3 is 6.01 Å². The van der Waals surface area contributed by atoms with E-state index in [0.29, 0.717) is 16.5 Å². The predicted molar refractivity (Wildman–Crippen MR) is 97.7 cm³/mol. The molecule has 0 fully saturated rings. The number of aromatic nitrogens is 2. The molecule has 0 bridgehead atoms. The van der Waals surface area contributed by atoms with Crippen molar-refractivity contribution in [2.75, 3.05) is 5.32 Å². The normalized spacial score (nSPS) is 10.6. The molecule has 3 aromatic rings. The summed E-state index contributed by atoms with van der Waals surface area (Å²) < 4.78 is 5.49. The summed E-state index contributed by atoms with van der Waals surface area (Å²) in [5.41, 5.74) is 1.55. The number of halogens is 1. The van der Waals surface area contributed by atoms with Gasteiger partial charge in [0.1, 0.15) is 5.75 Å². The van der Waals surface area contributed by atoms with E-state index in [1.165, 1.54) is 6.08 Å². The minimum absolute atomic E-state index is 0.227. The van der Waals surface area contributed by atoms with E-state index in [0.717, 1.165) is 5.56 Å². The average Bonchev–Trinajstić information content (AvgIpc) is 2.64. The first-order valence-corrected chi connectivity index (χ1v) is 7.86. The van der Waals surface area contributed by atoms with Gasteiger partial charge in [-0.1, -0.05) is 23.7 Å². The van der Waals surface area contributed by atoms with Gasteiger partial charge in [0.05, 0.1) is 0 Å². The molecule has 5 nitrogen and oxygen atoms in total. The second-order valence-corrected chi connectivity index (χ2v) is 5.47. The number of amides is 1. The van der Waals surface area contributed by atoms with Gasteiger partial charge in [0.2, 0.25) is 5.91 Å². The van der Waals surface area contributed by atoms with E-state index in [1.54, 1.807) is 60.9 Å². The zero-order valence-corrected chi connectivity index (χ0v) is 13.9. The molecule has 0 unspecified atom stereocenters. The molecule has 3 rings (SSSR count). The van der Waals surface area contributed by atoms with Gasteiger partial charge in [-0.05, 0) is 54.1 Å². The lowest BCUT2D eigenvalue weighted by Gasteiger charge is -2.05. The van der Waals surface area contributed by atoms with Crippen LogP contribution in [-0.4, -0.2) is 15.9 Å². The number of nitrogens with one attached hydrogen (secondary N) is 1. The number of ether oxygens (including phenoxy) is 1. The molecule has 0 saturated heterocycles. The van der Waals surface area contributed by atoms with Crippen LogP contribution in [0.5, 0.6) is 11.8 Å². The number of hydrogen-bond acceptors (Lipinski definition) is 4. The first kappa shape index (κ1) is 16.7. The van der Waals surface area contributed by atoms with E-state index >= 15 is 0 Å². The van der Waals surface area contributed by atoms with Gasteiger partial charge in [-0.2, -0.15) is 0 Å². The third-order valence-electron chi connectivity index (χ3n) is 3.17. The maximum atomic E-state index is 12.0. The van der Waals surface area contributed by atoms with Gasteiger partial charge < -0.3 is 10.1 Å². The summed E-state index contributed by atoms with van der Waals surface area (Å²) in [4.78, 5) is 19.9. The van der Waals surface area contributed by atoms with Crippen molar-refractivity contribution in [3.05, 3.63) is 83.7 Å². The quantitative estimate of drug-likeness (QED) is 0.684. The molecule has 1 N–H and O–H groups in total. The summed E-state index contributed by atoms with van der Waals surface area (Å²) in [6, 6.07) is 16.1. The highest BCUT2D eigenvalue weighted by molar-refractivity contribution is 6.30. The van der Waals surface area contributed by atoms with Crippen molar-refractivity contribution in [1.82, 2.24) is 9.97 Å². The smallest absolute Gasteiger partial charge is 0.321 e. The number of carbonyl (C=O) groups excluding carboxylic acids is 1. The van der Waals surface area contributed by atoms with Crippen LogP contribution in [0, 0.1) is 0 Å². The summed E-state index contributed by atoms with van der Waals surface area (Å²) in [5, 5.41) is 3.43. The molecular formula is C19H14ClN3O2. The summed E-state index contributed by atoms with van der Waals surface area (Å²) in [7, 11) is 0. The SMILES string of the molecule is O=C(C=Cc1ccc(Cl)cc1)Nc1ccc(Oc2ncccn2)cc1. The van der Waals surface area contributed by atoms with Crippen molar-refractivity contribution in [2.45, 2.75) is 0 Å². The molecule has 0 radical (unpaired) electrons. The maximum absolute atomic E-state index is 12.0. The van der Waals surface area contributed by atoms with Gasteiger partial charge in [0, 0.05) is 29.2 Å². The first-order valence-electron chi connectivity index (χ1n) is 7.49. The van der Waals surface area contributed by atoms with Crippen LogP contribution in [-0.2, 0) is 4.79 Å². The number of hydrogen-bond donors (Lipinski definition) is 1. The van der Waals surface area contributed by atoms with Crippen LogP contribution in [0.15, 0.2) is 73.1 Å². The Morgan fingerprint density at radius 1 is 1.00 bits per heavy atom. The van der Waals surface area contributed by atoms with Crippen LogP contribution in [0.1, 0.15) is 5.56 Å². The van der Waals surface area contributed by atoms with Crippen LogP contribution in [0.25, 0.3) is 6.08 Å². The summed E-state index contributed by atoms with van der Waals surface area (Å²) in [5.74, 6) is 0.357. The number of benzene rings is 2. The zero-order valence-electron chi connectivity index (χ0n) is 13.1. The molecule has 0 aliphatic rings. The van der Waals surface area contributed by atoms with Crippen LogP contribution in [0.2, 0.25) is 5.02 Å². The number of nitrogens with zero attached hydrogens (tertiary/aromatic N) is 2. The van der Waals surface area contributed by atoms with E-state index in [-0.39, 0.29) is 11.9 Å². The average molecular weight is 352 g/mol. The van der Waals surface area contributed by atoms with Crippen molar-refractivity contribution < 1.29 is 9.53 Å². The highest BCUT2D eigenvalue weighted by Crippen LogP contribution is 2.20. The summed E-state index contributed by atoms with van der Waals surface area (Å²) in [6.07, 6.45) is 6.38. The van der Waals surface area contributed by atoms with Gasteiger partial charge in [-0.25, -0.2) is 9.97 Å². The lowest BCUT2D eigenvalue weighted by molar-refractivity contribution is -0.111. The Bertz CT molecular complexity index is 863. The molecule has 0 aliphatic heterocycles. The molecule has 1 amide bonds. The van der Waals surface area contributed by atoms with E-state index in [2.05, 4.69) is 15.3 Å². The van der Waals surface area contributed by atoms with E-state index in [4.69, 9.17) is 16.3 Å².